The molecule has 1 aliphatic heterocycles. The lowest BCUT2D eigenvalue weighted by Gasteiger charge is -2.13. The zero-order valence-electron chi connectivity index (χ0n) is 8.53. The molecule has 1 aliphatic rings. The van der Waals surface area contributed by atoms with Crippen LogP contribution in [0.2, 0.25) is 0 Å². The minimum absolute atomic E-state index is 0.241. The summed E-state index contributed by atoms with van der Waals surface area (Å²) >= 11 is 3.46. The molecule has 1 fully saturated rings. The van der Waals surface area contributed by atoms with Crippen molar-refractivity contribution in [3.63, 3.8) is 0 Å². The van der Waals surface area contributed by atoms with Gasteiger partial charge in [-0.05, 0) is 25.3 Å². The van der Waals surface area contributed by atoms with Gasteiger partial charge in [0.25, 0.3) is 0 Å². The normalized spacial score (nSPS) is 27.1. The minimum atomic E-state index is 0.241. The molecule has 2 atom stereocenters. The van der Waals surface area contributed by atoms with Crippen LogP contribution >= 0.6 is 15.9 Å². The second kappa shape index (κ2) is 4.03. The van der Waals surface area contributed by atoms with Crippen molar-refractivity contribution < 1.29 is 4.74 Å². The fraction of sp³-hybridized carbons (Fsp3) is 0.700. The van der Waals surface area contributed by atoms with E-state index in [2.05, 4.69) is 28.0 Å². The van der Waals surface area contributed by atoms with Gasteiger partial charge in [0.15, 0.2) is 0 Å². The van der Waals surface area contributed by atoms with Crippen molar-refractivity contribution in [3.8, 4) is 0 Å². The minimum Gasteiger partial charge on any atom is -0.368 e. The molecule has 1 aromatic rings. The number of hydrogen-bond donors (Lipinski definition) is 0. The fourth-order valence-corrected chi connectivity index (χ4v) is 2.52. The van der Waals surface area contributed by atoms with E-state index >= 15 is 0 Å². The van der Waals surface area contributed by atoms with Gasteiger partial charge in [-0.3, -0.25) is 4.68 Å². The van der Waals surface area contributed by atoms with E-state index in [4.69, 9.17) is 4.74 Å². The van der Waals surface area contributed by atoms with Crippen LogP contribution in [0.5, 0.6) is 0 Å². The molecule has 4 heteroatoms. The Labute approximate surface area is 92.6 Å². The van der Waals surface area contributed by atoms with Crippen molar-refractivity contribution in [2.75, 3.05) is 5.33 Å². The molecule has 1 saturated heterocycles. The average molecular weight is 259 g/mol. The van der Waals surface area contributed by atoms with Gasteiger partial charge in [-0.1, -0.05) is 15.9 Å². The largest absolute Gasteiger partial charge is 0.368 e. The van der Waals surface area contributed by atoms with Crippen LogP contribution in [0.1, 0.15) is 30.2 Å². The molecular formula is C10H15BrN2O. The molecule has 2 heterocycles. The molecule has 78 valence electrons. The van der Waals surface area contributed by atoms with E-state index in [-0.39, 0.29) is 6.10 Å². The van der Waals surface area contributed by atoms with Crippen LogP contribution in [-0.4, -0.2) is 21.2 Å². The Kier molecular flexibility index (Phi) is 2.93. The smallest absolute Gasteiger partial charge is 0.0999 e. The van der Waals surface area contributed by atoms with Gasteiger partial charge < -0.3 is 4.74 Å². The number of alkyl halides is 1. The quantitative estimate of drug-likeness (QED) is 0.762. The molecule has 1 aromatic heterocycles. The van der Waals surface area contributed by atoms with Crippen LogP contribution < -0.4 is 0 Å². The fourth-order valence-electron chi connectivity index (χ4n) is 2.04. The lowest BCUT2D eigenvalue weighted by atomic mass is 10.1. The SMILES string of the molecule is Cc1cnn(C)c1C1CCC(CBr)O1. The molecule has 3 nitrogen and oxygen atoms in total. The molecule has 0 radical (unpaired) electrons. The van der Waals surface area contributed by atoms with E-state index in [9.17, 15) is 0 Å². The summed E-state index contributed by atoms with van der Waals surface area (Å²) in [5.74, 6) is 0. The number of halogens is 1. The molecule has 14 heavy (non-hydrogen) atoms. The summed E-state index contributed by atoms with van der Waals surface area (Å²) in [6.45, 7) is 2.09. The van der Waals surface area contributed by atoms with Crippen LogP contribution in [0.15, 0.2) is 6.20 Å². The number of ether oxygens (including phenoxy) is 1. The van der Waals surface area contributed by atoms with Crippen LogP contribution in [0, 0.1) is 6.92 Å². The summed E-state index contributed by atoms with van der Waals surface area (Å²) < 4.78 is 7.84. The van der Waals surface area contributed by atoms with Crippen molar-refractivity contribution >= 4 is 15.9 Å². The second-order valence-electron chi connectivity index (χ2n) is 3.81. The summed E-state index contributed by atoms with van der Waals surface area (Å²) in [4.78, 5) is 0. The Balaban J connectivity index is 2.17. The van der Waals surface area contributed by atoms with E-state index in [1.54, 1.807) is 0 Å². The van der Waals surface area contributed by atoms with E-state index < -0.39 is 0 Å². The highest BCUT2D eigenvalue weighted by molar-refractivity contribution is 9.09. The second-order valence-corrected chi connectivity index (χ2v) is 4.46. The molecule has 2 unspecified atom stereocenters. The van der Waals surface area contributed by atoms with E-state index in [0.29, 0.717) is 6.10 Å². The van der Waals surface area contributed by atoms with Crippen molar-refractivity contribution in [3.05, 3.63) is 17.5 Å². The van der Waals surface area contributed by atoms with Gasteiger partial charge >= 0.3 is 0 Å². The highest BCUT2D eigenvalue weighted by Gasteiger charge is 2.28. The Morgan fingerprint density at radius 1 is 1.64 bits per heavy atom. The topological polar surface area (TPSA) is 27.1 Å². The van der Waals surface area contributed by atoms with Crippen molar-refractivity contribution in [1.82, 2.24) is 9.78 Å². The predicted octanol–water partition coefficient (Wildman–Crippen LogP) is 2.34. The van der Waals surface area contributed by atoms with Gasteiger partial charge in [-0.25, -0.2) is 0 Å². The van der Waals surface area contributed by atoms with E-state index in [1.807, 2.05) is 17.9 Å². The molecule has 0 amide bonds. The first-order valence-electron chi connectivity index (χ1n) is 4.92. The summed E-state index contributed by atoms with van der Waals surface area (Å²) in [7, 11) is 1.98. The van der Waals surface area contributed by atoms with Crippen LogP contribution in [0.4, 0.5) is 0 Å². The van der Waals surface area contributed by atoms with Gasteiger partial charge in [0.1, 0.15) is 0 Å². The highest BCUT2D eigenvalue weighted by Crippen LogP contribution is 2.34. The van der Waals surface area contributed by atoms with E-state index in [0.717, 1.165) is 18.2 Å². The lowest BCUT2D eigenvalue weighted by Crippen LogP contribution is -2.10. The molecular weight excluding hydrogens is 244 g/mol. The molecule has 0 aromatic carbocycles. The van der Waals surface area contributed by atoms with Gasteiger partial charge in [-0.15, -0.1) is 0 Å². The average Bonchev–Trinajstić information content (AvgIpc) is 2.73. The zero-order chi connectivity index (χ0) is 10.1. The summed E-state index contributed by atoms with van der Waals surface area (Å²) in [5.41, 5.74) is 2.46. The molecule has 0 aliphatic carbocycles. The monoisotopic (exact) mass is 258 g/mol. The summed E-state index contributed by atoms with van der Waals surface area (Å²) in [6, 6.07) is 0. The number of rotatable bonds is 2. The Bertz CT molecular complexity index is 304. The Morgan fingerprint density at radius 2 is 2.43 bits per heavy atom. The van der Waals surface area contributed by atoms with Crippen molar-refractivity contribution in [2.24, 2.45) is 7.05 Å². The standard InChI is InChI=1S/C10H15BrN2O/c1-7-6-12-13(2)10(7)9-4-3-8(5-11)14-9/h6,8-9H,3-5H2,1-2H3. The van der Waals surface area contributed by atoms with Gasteiger partial charge in [0.05, 0.1) is 24.1 Å². The van der Waals surface area contributed by atoms with Crippen molar-refractivity contribution in [2.45, 2.75) is 32.0 Å². The van der Waals surface area contributed by atoms with E-state index in [1.165, 1.54) is 11.3 Å². The molecule has 0 N–H and O–H groups in total. The zero-order valence-corrected chi connectivity index (χ0v) is 10.1. The summed E-state index contributed by atoms with van der Waals surface area (Å²) in [5, 5.41) is 5.17. The predicted molar refractivity (Wildman–Crippen MR) is 58.6 cm³/mol. The lowest BCUT2D eigenvalue weighted by molar-refractivity contribution is 0.0536. The number of aryl methyl sites for hydroxylation is 2. The Hall–Kier alpha value is -0.350. The van der Waals surface area contributed by atoms with Crippen molar-refractivity contribution in [1.29, 1.82) is 0 Å². The van der Waals surface area contributed by atoms with Gasteiger partial charge in [0, 0.05) is 12.4 Å². The van der Waals surface area contributed by atoms with Crippen LogP contribution in [0.3, 0.4) is 0 Å². The maximum atomic E-state index is 5.91. The first kappa shape index (κ1) is 10.2. The third-order valence-electron chi connectivity index (χ3n) is 2.76. The molecule has 0 saturated carbocycles. The molecule has 2 rings (SSSR count). The van der Waals surface area contributed by atoms with Gasteiger partial charge in [-0.2, -0.15) is 5.10 Å². The van der Waals surface area contributed by atoms with Crippen LogP contribution in [0.25, 0.3) is 0 Å². The third kappa shape index (κ3) is 1.73. The maximum absolute atomic E-state index is 5.91. The number of nitrogens with zero attached hydrogens (tertiary/aromatic N) is 2. The van der Waals surface area contributed by atoms with Crippen LogP contribution in [-0.2, 0) is 11.8 Å². The number of hydrogen-bond acceptors (Lipinski definition) is 2. The molecule has 0 spiro atoms. The number of aromatic nitrogens is 2. The first-order valence-corrected chi connectivity index (χ1v) is 6.04. The third-order valence-corrected chi connectivity index (χ3v) is 3.48. The Morgan fingerprint density at radius 3 is 2.93 bits per heavy atom. The first-order chi connectivity index (χ1) is 6.72. The highest BCUT2D eigenvalue weighted by atomic mass is 79.9. The maximum Gasteiger partial charge on any atom is 0.0999 e. The summed E-state index contributed by atoms with van der Waals surface area (Å²) in [6.07, 6.45) is 4.76. The molecule has 0 bridgehead atoms. The van der Waals surface area contributed by atoms with Gasteiger partial charge in [0.2, 0.25) is 0 Å².